The van der Waals surface area contributed by atoms with Gasteiger partial charge in [0.1, 0.15) is 5.75 Å². The van der Waals surface area contributed by atoms with Crippen molar-refractivity contribution in [2.45, 2.75) is 6.92 Å². The fourth-order valence-electron chi connectivity index (χ4n) is 2.52. The molecule has 0 amide bonds. The second-order valence-electron chi connectivity index (χ2n) is 6.28. The number of hydrogen-bond donors (Lipinski definition) is 1. The predicted molar refractivity (Wildman–Crippen MR) is 119 cm³/mol. The van der Waals surface area contributed by atoms with E-state index in [4.69, 9.17) is 16.3 Å². The van der Waals surface area contributed by atoms with Crippen molar-refractivity contribution in [1.29, 1.82) is 0 Å². The average Bonchev–Trinajstić information content (AvgIpc) is 2.74. The minimum absolute atomic E-state index is 0.00242. The zero-order valence-corrected chi connectivity index (χ0v) is 17.1. The summed E-state index contributed by atoms with van der Waals surface area (Å²) in [4.78, 5) is 26.1. The van der Waals surface area contributed by atoms with Gasteiger partial charge in [0.25, 0.3) is 5.69 Å². The van der Waals surface area contributed by atoms with Crippen LogP contribution in [0.5, 0.6) is 5.75 Å². The van der Waals surface area contributed by atoms with Gasteiger partial charge in [-0.1, -0.05) is 23.7 Å². The highest BCUT2D eigenvalue weighted by molar-refractivity contribution is 6.30. The number of rotatable bonds is 6. The smallest absolute Gasteiger partial charge is 0.308 e. The summed E-state index contributed by atoms with van der Waals surface area (Å²) in [5, 5.41) is 15.5. The zero-order chi connectivity index (χ0) is 22.2. The number of nitro benzene ring substituents is 1. The Hall–Kier alpha value is -4.04. The number of esters is 1. The molecule has 0 atom stereocenters. The number of non-ortho nitro benzene ring substituents is 1. The van der Waals surface area contributed by atoms with Gasteiger partial charge in [-0.2, -0.15) is 5.10 Å². The van der Waals surface area contributed by atoms with Crippen LogP contribution in [0.3, 0.4) is 0 Å². The van der Waals surface area contributed by atoms with Gasteiger partial charge < -0.3 is 4.74 Å². The highest BCUT2D eigenvalue weighted by Gasteiger charge is 2.07. The zero-order valence-electron chi connectivity index (χ0n) is 16.4. The fourth-order valence-corrected chi connectivity index (χ4v) is 2.65. The number of hydrogen-bond acceptors (Lipinski definition) is 6. The first kappa shape index (κ1) is 21.7. The number of ether oxygens (including phenoxy) is 1. The van der Waals surface area contributed by atoms with Gasteiger partial charge in [0, 0.05) is 29.6 Å². The van der Waals surface area contributed by atoms with Gasteiger partial charge in [0.2, 0.25) is 0 Å². The summed E-state index contributed by atoms with van der Waals surface area (Å²) in [6, 6.07) is 19.7. The molecular formula is C22H17ClN4O4. The molecule has 0 aliphatic heterocycles. The molecule has 8 nitrogen and oxygen atoms in total. The summed E-state index contributed by atoms with van der Waals surface area (Å²) in [7, 11) is 0. The van der Waals surface area contributed by atoms with E-state index in [-0.39, 0.29) is 5.69 Å². The topological polar surface area (TPSA) is 106 Å². The lowest BCUT2D eigenvalue weighted by Gasteiger charge is -2.08. The van der Waals surface area contributed by atoms with Crippen molar-refractivity contribution in [2.24, 2.45) is 10.1 Å². The SMILES string of the molecule is CC(=O)Oc1cccc(C(=Nc2ccc(Cl)cc2)N/N=C/c2ccc([N+](=O)[O-])cc2)c1. The van der Waals surface area contributed by atoms with Crippen LogP contribution in [-0.4, -0.2) is 22.9 Å². The summed E-state index contributed by atoms with van der Waals surface area (Å²) in [5.41, 5.74) is 4.81. The molecule has 9 heteroatoms. The van der Waals surface area contributed by atoms with Crippen LogP contribution in [0.1, 0.15) is 18.1 Å². The molecule has 31 heavy (non-hydrogen) atoms. The second-order valence-corrected chi connectivity index (χ2v) is 6.71. The molecule has 3 aromatic rings. The Morgan fingerprint density at radius 3 is 2.45 bits per heavy atom. The van der Waals surface area contributed by atoms with Crippen molar-refractivity contribution in [2.75, 3.05) is 0 Å². The van der Waals surface area contributed by atoms with E-state index in [2.05, 4.69) is 15.5 Å². The van der Waals surface area contributed by atoms with Gasteiger partial charge in [-0.05, 0) is 54.1 Å². The first-order valence-corrected chi connectivity index (χ1v) is 9.45. The predicted octanol–water partition coefficient (Wildman–Crippen LogP) is 4.88. The molecule has 0 saturated carbocycles. The third-order valence-corrected chi connectivity index (χ3v) is 4.18. The molecule has 0 spiro atoms. The van der Waals surface area contributed by atoms with E-state index in [0.29, 0.717) is 33.4 Å². The van der Waals surface area contributed by atoms with Crippen molar-refractivity contribution in [3.8, 4) is 5.75 Å². The molecule has 0 heterocycles. The van der Waals surface area contributed by atoms with Crippen LogP contribution in [-0.2, 0) is 4.79 Å². The quantitative estimate of drug-likeness (QED) is 0.148. The van der Waals surface area contributed by atoms with Crippen LogP contribution in [0.4, 0.5) is 11.4 Å². The lowest BCUT2D eigenvalue weighted by Crippen LogP contribution is -2.19. The number of carbonyl (C=O) groups is 1. The van der Waals surface area contributed by atoms with Gasteiger partial charge in [-0.15, -0.1) is 0 Å². The Balaban J connectivity index is 1.88. The fraction of sp³-hybridized carbons (Fsp3) is 0.0455. The largest absolute Gasteiger partial charge is 0.427 e. The van der Waals surface area contributed by atoms with Crippen LogP contribution in [0.15, 0.2) is 82.9 Å². The first-order valence-electron chi connectivity index (χ1n) is 9.07. The lowest BCUT2D eigenvalue weighted by atomic mass is 10.2. The standard InChI is InChI=1S/C22H17ClN4O4/c1-15(28)31-21-4-2-3-17(13-21)22(25-19-9-7-18(23)8-10-19)26-24-14-16-5-11-20(12-6-16)27(29)30/h2-14H,1H3,(H,25,26)/b24-14+. The monoisotopic (exact) mass is 436 g/mol. The molecule has 0 unspecified atom stereocenters. The van der Waals surface area contributed by atoms with E-state index in [1.165, 1.54) is 25.3 Å². The van der Waals surface area contributed by atoms with Crippen molar-refractivity contribution < 1.29 is 14.5 Å². The molecular weight excluding hydrogens is 420 g/mol. The van der Waals surface area contributed by atoms with Crippen LogP contribution in [0.2, 0.25) is 5.02 Å². The summed E-state index contributed by atoms with van der Waals surface area (Å²) in [6.07, 6.45) is 1.51. The molecule has 1 N–H and O–H groups in total. The highest BCUT2D eigenvalue weighted by atomic mass is 35.5. The Labute approximate surface area is 183 Å². The summed E-state index contributed by atoms with van der Waals surface area (Å²) in [5.74, 6) is 0.335. The number of halogens is 1. The third-order valence-electron chi connectivity index (χ3n) is 3.92. The van der Waals surface area contributed by atoms with Crippen LogP contribution in [0, 0.1) is 10.1 Å². The number of carbonyl (C=O) groups excluding carboxylic acids is 1. The molecule has 0 aliphatic rings. The van der Waals surface area contributed by atoms with E-state index in [9.17, 15) is 14.9 Å². The van der Waals surface area contributed by atoms with Gasteiger partial charge in [-0.3, -0.25) is 20.3 Å². The first-order chi connectivity index (χ1) is 14.9. The molecule has 0 fully saturated rings. The Bertz CT molecular complexity index is 1140. The van der Waals surface area contributed by atoms with Crippen molar-refractivity contribution in [1.82, 2.24) is 5.43 Å². The van der Waals surface area contributed by atoms with E-state index >= 15 is 0 Å². The minimum atomic E-state index is -0.466. The summed E-state index contributed by atoms with van der Waals surface area (Å²) < 4.78 is 5.14. The van der Waals surface area contributed by atoms with Crippen LogP contribution in [0.25, 0.3) is 0 Å². The Kier molecular flexibility index (Phi) is 7.08. The normalized spacial score (nSPS) is 11.4. The summed E-state index contributed by atoms with van der Waals surface area (Å²) >= 11 is 5.94. The number of nitrogens with one attached hydrogen (secondary N) is 1. The highest BCUT2D eigenvalue weighted by Crippen LogP contribution is 2.19. The Morgan fingerprint density at radius 2 is 1.81 bits per heavy atom. The average molecular weight is 437 g/mol. The number of aliphatic imine (C=N–C) groups is 1. The number of hydrazone groups is 1. The molecule has 0 radical (unpaired) electrons. The molecule has 0 saturated heterocycles. The number of nitro groups is 1. The van der Waals surface area contributed by atoms with E-state index in [1.807, 2.05) is 0 Å². The number of amidine groups is 1. The molecule has 3 aromatic carbocycles. The third kappa shape index (κ3) is 6.48. The van der Waals surface area contributed by atoms with Crippen LogP contribution < -0.4 is 10.2 Å². The second kappa shape index (κ2) is 10.1. The minimum Gasteiger partial charge on any atom is -0.427 e. The van der Waals surface area contributed by atoms with Crippen LogP contribution >= 0.6 is 11.6 Å². The van der Waals surface area contributed by atoms with Crippen molar-refractivity contribution in [3.63, 3.8) is 0 Å². The van der Waals surface area contributed by atoms with Gasteiger partial charge in [0.15, 0.2) is 5.84 Å². The molecule has 0 aromatic heterocycles. The molecule has 156 valence electrons. The number of nitrogens with zero attached hydrogens (tertiary/aromatic N) is 3. The van der Waals surface area contributed by atoms with Gasteiger partial charge in [-0.25, -0.2) is 4.99 Å². The number of benzene rings is 3. The van der Waals surface area contributed by atoms with Crippen molar-refractivity contribution in [3.05, 3.63) is 99.1 Å². The van der Waals surface area contributed by atoms with E-state index in [0.717, 1.165) is 0 Å². The van der Waals surface area contributed by atoms with Crippen molar-refractivity contribution >= 4 is 41.0 Å². The molecule has 0 bridgehead atoms. The van der Waals surface area contributed by atoms with E-state index in [1.54, 1.807) is 60.7 Å². The summed E-state index contributed by atoms with van der Waals surface area (Å²) in [6.45, 7) is 1.32. The molecule has 3 rings (SSSR count). The molecule has 0 aliphatic carbocycles. The van der Waals surface area contributed by atoms with Gasteiger partial charge >= 0.3 is 5.97 Å². The maximum absolute atomic E-state index is 11.3. The Morgan fingerprint density at radius 1 is 1.10 bits per heavy atom. The lowest BCUT2D eigenvalue weighted by molar-refractivity contribution is -0.384. The maximum atomic E-state index is 11.3. The van der Waals surface area contributed by atoms with Gasteiger partial charge in [0.05, 0.1) is 16.8 Å². The van der Waals surface area contributed by atoms with E-state index < -0.39 is 10.9 Å². The maximum Gasteiger partial charge on any atom is 0.308 e.